The molecule has 0 radical (unpaired) electrons. The van der Waals surface area contributed by atoms with Gasteiger partial charge in [-0.25, -0.2) is 0 Å². The fourth-order valence-corrected chi connectivity index (χ4v) is 2.53. The van der Waals surface area contributed by atoms with Crippen LogP contribution in [0.4, 0.5) is 0 Å². The molecule has 2 atom stereocenters. The van der Waals surface area contributed by atoms with Gasteiger partial charge in [0.25, 0.3) is 0 Å². The standard InChI is InChI=1S/C16H24N2O3/c1-12(16(20)18-9-3-4-10-18)17-11-15(19)13-5-7-14(21-2)8-6-13/h5-8,12,15,17,19H,3-4,9-11H2,1-2H3. The number of methoxy groups -OCH3 is 1. The van der Waals surface area contributed by atoms with Gasteiger partial charge in [-0.3, -0.25) is 4.79 Å². The molecule has 21 heavy (non-hydrogen) atoms. The second-order valence-electron chi connectivity index (χ2n) is 5.45. The van der Waals surface area contributed by atoms with E-state index < -0.39 is 6.10 Å². The van der Waals surface area contributed by atoms with E-state index in [1.54, 1.807) is 7.11 Å². The monoisotopic (exact) mass is 292 g/mol. The molecule has 1 aliphatic heterocycles. The van der Waals surface area contributed by atoms with E-state index in [9.17, 15) is 9.90 Å². The number of carbonyl (C=O) groups excluding carboxylic acids is 1. The molecule has 1 amide bonds. The highest BCUT2D eigenvalue weighted by Crippen LogP contribution is 2.17. The number of carbonyl (C=O) groups is 1. The van der Waals surface area contributed by atoms with Crippen LogP contribution >= 0.6 is 0 Å². The van der Waals surface area contributed by atoms with Crippen LogP contribution in [0.25, 0.3) is 0 Å². The molecule has 5 nitrogen and oxygen atoms in total. The van der Waals surface area contributed by atoms with Crippen LogP contribution in [-0.4, -0.2) is 48.7 Å². The van der Waals surface area contributed by atoms with Gasteiger partial charge in [0.05, 0.1) is 19.3 Å². The second-order valence-corrected chi connectivity index (χ2v) is 5.45. The van der Waals surface area contributed by atoms with E-state index in [-0.39, 0.29) is 11.9 Å². The zero-order chi connectivity index (χ0) is 15.2. The average Bonchev–Trinajstić information content (AvgIpc) is 3.06. The van der Waals surface area contributed by atoms with Gasteiger partial charge in [0.2, 0.25) is 5.91 Å². The van der Waals surface area contributed by atoms with Gasteiger partial charge in [-0.15, -0.1) is 0 Å². The van der Waals surface area contributed by atoms with E-state index in [2.05, 4.69) is 5.32 Å². The van der Waals surface area contributed by atoms with Crippen molar-refractivity contribution in [2.75, 3.05) is 26.7 Å². The number of likely N-dealkylation sites (tertiary alicyclic amines) is 1. The molecule has 1 saturated heterocycles. The number of hydrogen-bond donors (Lipinski definition) is 2. The number of hydrogen-bond acceptors (Lipinski definition) is 4. The fraction of sp³-hybridized carbons (Fsp3) is 0.562. The molecular weight excluding hydrogens is 268 g/mol. The lowest BCUT2D eigenvalue weighted by molar-refractivity contribution is -0.132. The molecule has 2 unspecified atom stereocenters. The number of ether oxygens (including phenoxy) is 1. The van der Waals surface area contributed by atoms with E-state index in [1.807, 2.05) is 36.1 Å². The van der Waals surface area contributed by atoms with Crippen molar-refractivity contribution in [1.29, 1.82) is 0 Å². The summed E-state index contributed by atoms with van der Waals surface area (Å²) in [5, 5.41) is 13.3. The van der Waals surface area contributed by atoms with Crippen LogP contribution in [0.15, 0.2) is 24.3 Å². The van der Waals surface area contributed by atoms with Gasteiger partial charge in [-0.1, -0.05) is 12.1 Å². The van der Waals surface area contributed by atoms with Gasteiger partial charge in [0, 0.05) is 19.6 Å². The molecule has 116 valence electrons. The Balaban J connectivity index is 1.81. The summed E-state index contributed by atoms with van der Waals surface area (Å²) in [6.07, 6.45) is 1.55. The molecule has 0 bridgehead atoms. The van der Waals surface area contributed by atoms with E-state index in [0.29, 0.717) is 6.54 Å². The van der Waals surface area contributed by atoms with E-state index in [4.69, 9.17) is 4.74 Å². The average molecular weight is 292 g/mol. The Hall–Kier alpha value is -1.59. The lowest BCUT2D eigenvalue weighted by atomic mass is 10.1. The quantitative estimate of drug-likeness (QED) is 0.830. The number of aliphatic hydroxyl groups is 1. The topological polar surface area (TPSA) is 61.8 Å². The Morgan fingerprint density at radius 1 is 1.33 bits per heavy atom. The fourth-order valence-electron chi connectivity index (χ4n) is 2.53. The first-order chi connectivity index (χ1) is 10.1. The molecule has 0 aliphatic carbocycles. The van der Waals surface area contributed by atoms with Crippen molar-refractivity contribution in [2.24, 2.45) is 0 Å². The number of nitrogens with one attached hydrogen (secondary N) is 1. The van der Waals surface area contributed by atoms with Crippen LogP contribution in [-0.2, 0) is 4.79 Å². The minimum Gasteiger partial charge on any atom is -0.497 e. The third-order valence-corrected chi connectivity index (χ3v) is 3.91. The first-order valence-corrected chi connectivity index (χ1v) is 7.46. The van der Waals surface area contributed by atoms with Crippen molar-refractivity contribution < 1.29 is 14.6 Å². The summed E-state index contributed by atoms with van der Waals surface area (Å²) >= 11 is 0. The second kappa shape index (κ2) is 7.43. The zero-order valence-electron chi connectivity index (χ0n) is 12.7. The zero-order valence-corrected chi connectivity index (χ0v) is 12.7. The Morgan fingerprint density at radius 2 is 1.95 bits per heavy atom. The third-order valence-electron chi connectivity index (χ3n) is 3.91. The molecule has 1 aliphatic rings. The molecule has 0 saturated carbocycles. The summed E-state index contributed by atoms with van der Waals surface area (Å²) < 4.78 is 5.09. The van der Waals surface area contributed by atoms with Gasteiger partial charge in [0.15, 0.2) is 0 Å². The number of rotatable bonds is 6. The Labute approximate surface area is 125 Å². The van der Waals surface area contributed by atoms with Gasteiger partial charge in [-0.2, -0.15) is 0 Å². The van der Waals surface area contributed by atoms with Gasteiger partial charge in [0.1, 0.15) is 5.75 Å². The van der Waals surface area contributed by atoms with Crippen molar-refractivity contribution in [3.8, 4) is 5.75 Å². The molecule has 2 rings (SSSR count). The molecule has 1 fully saturated rings. The van der Waals surface area contributed by atoms with Crippen LogP contribution in [0.3, 0.4) is 0 Å². The van der Waals surface area contributed by atoms with Gasteiger partial charge in [-0.05, 0) is 37.5 Å². The number of aliphatic hydroxyl groups excluding tert-OH is 1. The summed E-state index contributed by atoms with van der Waals surface area (Å²) in [6, 6.07) is 7.03. The van der Waals surface area contributed by atoms with Crippen molar-refractivity contribution in [3.63, 3.8) is 0 Å². The number of benzene rings is 1. The first-order valence-electron chi connectivity index (χ1n) is 7.46. The summed E-state index contributed by atoms with van der Waals surface area (Å²) in [5.74, 6) is 0.880. The molecule has 0 aromatic heterocycles. The number of nitrogens with zero attached hydrogens (tertiary/aromatic N) is 1. The van der Waals surface area contributed by atoms with Crippen LogP contribution < -0.4 is 10.1 Å². The Kier molecular flexibility index (Phi) is 5.59. The smallest absolute Gasteiger partial charge is 0.239 e. The lowest BCUT2D eigenvalue weighted by Gasteiger charge is -2.22. The molecule has 1 heterocycles. The molecule has 2 N–H and O–H groups in total. The van der Waals surface area contributed by atoms with E-state index in [0.717, 1.165) is 37.2 Å². The predicted molar refractivity (Wildman–Crippen MR) is 81.2 cm³/mol. The predicted octanol–water partition coefficient (Wildman–Crippen LogP) is 1.33. The van der Waals surface area contributed by atoms with Crippen molar-refractivity contribution in [3.05, 3.63) is 29.8 Å². The van der Waals surface area contributed by atoms with Gasteiger partial charge < -0.3 is 20.1 Å². The molecule has 5 heteroatoms. The minimum absolute atomic E-state index is 0.120. The Bertz CT molecular complexity index is 455. The minimum atomic E-state index is -0.635. The summed E-state index contributed by atoms with van der Waals surface area (Å²) in [5.41, 5.74) is 0.809. The summed E-state index contributed by atoms with van der Waals surface area (Å²) in [7, 11) is 1.61. The van der Waals surface area contributed by atoms with Crippen molar-refractivity contribution in [1.82, 2.24) is 10.2 Å². The van der Waals surface area contributed by atoms with E-state index in [1.165, 1.54) is 0 Å². The molecule has 1 aromatic carbocycles. The molecule has 1 aromatic rings. The third kappa shape index (κ3) is 4.19. The summed E-state index contributed by atoms with van der Waals surface area (Å²) in [6.45, 7) is 3.91. The lowest BCUT2D eigenvalue weighted by Crippen LogP contribution is -2.44. The van der Waals surface area contributed by atoms with Gasteiger partial charge >= 0.3 is 0 Å². The van der Waals surface area contributed by atoms with Crippen molar-refractivity contribution >= 4 is 5.91 Å². The maximum absolute atomic E-state index is 12.1. The highest BCUT2D eigenvalue weighted by molar-refractivity contribution is 5.81. The van der Waals surface area contributed by atoms with Crippen LogP contribution in [0.2, 0.25) is 0 Å². The van der Waals surface area contributed by atoms with Crippen LogP contribution in [0.1, 0.15) is 31.4 Å². The largest absolute Gasteiger partial charge is 0.497 e. The van der Waals surface area contributed by atoms with E-state index >= 15 is 0 Å². The Morgan fingerprint density at radius 3 is 2.52 bits per heavy atom. The van der Waals surface area contributed by atoms with Crippen molar-refractivity contribution in [2.45, 2.75) is 31.9 Å². The van der Waals surface area contributed by atoms with Crippen LogP contribution in [0, 0.1) is 0 Å². The first kappa shape index (κ1) is 15.8. The molecular formula is C16H24N2O3. The SMILES string of the molecule is COc1ccc(C(O)CNC(C)C(=O)N2CCCC2)cc1. The van der Waals surface area contributed by atoms with Crippen LogP contribution in [0.5, 0.6) is 5.75 Å². The normalized spacial score (nSPS) is 17.6. The maximum atomic E-state index is 12.1. The highest BCUT2D eigenvalue weighted by Gasteiger charge is 2.23. The molecule has 0 spiro atoms. The highest BCUT2D eigenvalue weighted by atomic mass is 16.5. The number of amides is 1. The maximum Gasteiger partial charge on any atom is 0.239 e. The summed E-state index contributed by atoms with van der Waals surface area (Å²) in [4.78, 5) is 14.0.